The number of hydrogen-bond acceptors (Lipinski definition) is 5. The van der Waals surface area contributed by atoms with Gasteiger partial charge in [0.05, 0.1) is 11.3 Å². The van der Waals surface area contributed by atoms with Crippen LogP contribution in [0.15, 0.2) is 48.5 Å². The molecule has 27 heavy (non-hydrogen) atoms. The van der Waals surface area contributed by atoms with Crippen molar-refractivity contribution in [3.05, 3.63) is 76.2 Å². The van der Waals surface area contributed by atoms with Crippen molar-refractivity contribution in [2.45, 2.75) is 13.8 Å². The lowest BCUT2D eigenvalue weighted by atomic mass is 10.2. The van der Waals surface area contributed by atoms with E-state index >= 15 is 0 Å². The number of nitriles is 1. The zero-order valence-electron chi connectivity index (χ0n) is 14.7. The largest absolute Gasteiger partial charge is 0.340 e. The Morgan fingerprint density at radius 2 is 1.81 bits per heavy atom. The van der Waals surface area contributed by atoms with Crippen molar-refractivity contribution in [3.63, 3.8) is 0 Å². The summed E-state index contributed by atoms with van der Waals surface area (Å²) in [7, 11) is 0. The summed E-state index contributed by atoms with van der Waals surface area (Å²) >= 11 is 6.15. The van der Waals surface area contributed by atoms with E-state index < -0.39 is 5.91 Å². The highest BCUT2D eigenvalue weighted by Crippen LogP contribution is 2.26. The summed E-state index contributed by atoms with van der Waals surface area (Å²) in [5.74, 6) is 0.499. The van der Waals surface area contributed by atoms with Gasteiger partial charge in [0.25, 0.3) is 5.91 Å². The molecule has 1 aromatic heterocycles. The minimum absolute atomic E-state index is 0.192. The van der Waals surface area contributed by atoms with Gasteiger partial charge in [-0.25, -0.2) is 9.97 Å². The lowest BCUT2D eigenvalue weighted by Gasteiger charge is -2.12. The minimum Gasteiger partial charge on any atom is -0.340 e. The summed E-state index contributed by atoms with van der Waals surface area (Å²) in [5.41, 5.74) is 2.68. The average Bonchev–Trinajstić information content (AvgIpc) is 2.65. The molecule has 0 bridgehead atoms. The second kappa shape index (κ2) is 7.85. The fourth-order valence-electron chi connectivity index (χ4n) is 2.50. The normalized spacial score (nSPS) is 10.1. The van der Waals surface area contributed by atoms with E-state index in [1.807, 2.05) is 25.1 Å². The number of aromatic nitrogens is 2. The third-order valence-corrected chi connectivity index (χ3v) is 4.31. The topological polar surface area (TPSA) is 90.7 Å². The number of benzene rings is 2. The first-order valence-corrected chi connectivity index (χ1v) is 8.54. The molecule has 0 fully saturated rings. The predicted octanol–water partition coefficient (Wildman–Crippen LogP) is 4.61. The molecule has 1 heterocycles. The smallest absolute Gasteiger partial charge is 0.274 e. The van der Waals surface area contributed by atoms with E-state index in [4.69, 9.17) is 16.9 Å². The van der Waals surface area contributed by atoms with E-state index in [0.29, 0.717) is 27.9 Å². The number of carbonyl (C=O) groups excluding carboxylic acids is 1. The highest BCUT2D eigenvalue weighted by Gasteiger charge is 2.13. The van der Waals surface area contributed by atoms with Crippen LogP contribution in [0.3, 0.4) is 0 Å². The number of nitrogens with zero attached hydrogens (tertiary/aromatic N) is 3. The van der Waals surface area contributed by atoms with Gasteiger partial charge in [0.2, 0.25) is 0 Å². The molecular formula is C20H16ClN5O. The minimum atomic E-state index is -0.422. The van der Waals surface area contributed by atoms with Gasteiger partial charge in [-0.2, -0.15) is 5.26 Å². The van der Waals surface area contributed by atoms with Crippen LogP contribution in [0, 0.1) is 25.2 Å². The maximum Gasteiger partial charge on any atom is 0.274 e. The Balaban J connectivity index is 1.88. The van der Waals surface area contributed by atoms with Gasteiger partial charge in [-0.15, -0.1) is 0 Å². The quantitative estimate of drug-likeness (QED) is 0.692. The van der Waals surface area contributed by atoms with Crippen molar-refractivity contribution in [2.75, 3.05) is 10.6 Å². The maximum atomic E-state index is 12.6. The Hall–Kier alpha value is -3.43. The van der Waals surface area contributed by atoms with Gasteiger partial charge in [-0.05, 0) is 43.7 Å². The van der Waals surface area contributed by atoms with Crippen LogP contribution in [0.25, 0.3) is 0 Å². The van der Waals surface area contributed by atoms with Crippen LogP contribution in [-0.2, 0) is 0 Å². The molecule has 0 spiro atoms. The monoisotopic (exact) mass is 377 g/mol. The Morgan fingerprint density at radius 1 is 1.07 bits per heavy atom. The standard InChI is InChI=1S/C20H16ClN5O/c1-12-15(21)7-5-9-16(12)25-19-10-18(23-13(2)24-19)20(27)26-17-8-4-3-6-14(17)11-22/h3-10H,1-2H3,(H,26,27)(H,23,24,25). The highest BCUT2D eigenvalue weighted by atomic mass is 35.5. The third-order valence-electron chi connectivity index (χ3n) is 3.90. The Bertz CT molecular complexity index is 1060. The fourth-order valence-corrected chi connectivity index (χ4v) is 2.68. The number of amides is 1. The van der Waals surface area contributed by atoms with Crippen LogP contribution in [0.1, 0.15) is 27.4 Å². The number of nitrogens with one attached hydrogen (secondary N) is 2. The summed E-state index contributed by atoms with van der Waals surface area (Å²) in [6.07, 6.45) is 0. The molecule has 0 aliphatic heterocycles. The number of para-hydroxylation sites is 1. The molecule has 7 heteroatoms. The number of hydrogen-bond donors (Lipinski definition) is 2. The second-order valence-electron chi connectivity index (χ2n) is 5.83. The summed E-state index contributed by atoms with van der Waals surface area (Å²) in [5, 5.41) is 15.7. The Morgan fingerprint density at radius 3 is 2.59 bits per heavy atom. The van der Waals surface area contributed by atoms with Gasteiger partial charge in [0, 0.05) is 16.8 Å². The number of aryl methyl sites for hydroxylation is 1. The number of carbonyl (C=O) groups is 1. The third kappa shape index (κ3) is 4.22. The van der Waals surface area contributed by atoms with Crippen molar-refractivity contribution < 1.29 is 4.79 Å². The molecule has 0 aliphatic carbocycles. The lowest BCUT2D eigenvalue weighted by molar-refractivity contribution is 0.102. The van der Waals surface area contributed by atoms with E-state index in [0.717, 1.165) is 11.3 Å². The van der Waals surface area contributed by atoms with E-state index in [1.54, 1.807) is 43.3 Å². The van der Waals surface area contributed by atoms with Crippen LogP contribution < -0.4 is 10.6 Å². The molecule has 1 amide bonds. The van der Waals surface area contributed by atoms with Gasteiger partial charge in [0.15, 0.2) is 0 Å². The summed E-state index contributed by atoms with van der Waals surface area (Å²) in [6, 6.07) is 15.9. The molecule has 0 radical (unpaired) electrons. The molecule has 3 rings (SSSR count). The first-order chi connectivity index (χ1) is 13.0. The number of anilines is 3. The van der Waals surface area contributed by atoms with Crippen LogP contribution in [-0.4, -0.2) is 15.9 Å². The molecule has 0 unspecified atom stereocenters. The lowest BCUT2D eigenvalue weighted by Crippen LogP contribution is -2.16. The summed E-state index contributed by atoms with van der Waals surface area (Å²) < 4.78 is 0. The molecule has 6 nitrogen and oxygen atoms in total. The van der Waals surface area contributed by atoms with E-state index in [9.17, 15) is 4.79 Å². The number of halogens is 1. The zero-order chi connectivity index (χ0) is 19.4. The van der Waals surface area contributed by atoms with Crippen LogP contribution >= 0.6 is 11.6 Å². The van der Waals surface area contributed by atoms with Gasteiger partial charge >= 0.3 is 0 Å². The van der Waals surface area contributed by atoms with Crippen LogP contribution in [0.4, 0.5) is 17.2 Å². The molecule has 0 atom stereocenters. The van der Waals surface area contributed by atoms with Crippen molar-refractivity contribution in [1.82, 2.24) is 9.97 Å². The maximum absolute atomic E-state index is 12.6. The molecule has 2 N–H and O–H groups in total. The molecule has 3 aromatic rings. The first kappa shape index (κ1) is 18.4. The van der Waals surface area contributed by atoms with E-state index in [1.165, 1.54) is 0 Å². The van der Waals surface area contributed by atoms with E-state index in [-0.39, 0.29) is 5.69 Å². The molecule has 2 aromatic carbocycles. The summed E-state index contributed by atoms with van der Waals surface area (Å²) in [4.78, 5) is 21.1. The van der Waals surface area contributed by atoms with Crippen molar-refractivity contribution in [3.8, 4) is 6.07 Å². The second-order valence-corrected chi connectivity index (χ2v) is 6.24. The summed E-state index contributed by atoms with van der Waals surface area (Å²) in [6.45, 7) is 3.60. The van der Waals surface area contributed by atoms with Crippen molar-refractivity contribution >= 4 is 34.7 Å². The average molecular weight is 378 g/mol. The fraction of sp³-hybridized carbons (Fsp3) is 0.100. The predicted molar refractivity (Wildman–Crippen MR) is 105 cm³/mol. The molecule has 134 valence electrons. The van der Waals surface area contributed by atoms with Crippen molar-refractivity contribution in [1.29, 1.82) is 5.26 Å². The van der Waals surface area contributed by atoms with Gasteiger partial charge in [-0.3, -0.25) is 4.79 Å². The molecule has 0 aliphatic rings. The van der Waals surface area contributed by atoms with E-state index in [2.05, 4.69) is 20.6 Å². The van der Waals surface area contributed by atoms with Gasteiger partial charge in [-0.1, -0.05) is 29.8 Å². The Labute approximate surface area is 161 Å². The number of rotatable bonds is 4. The molecule has 0 saturated heterocycles. The highest BCUT2D eigenvalue weighted by molar-refractivity contribution is 6.31. The molecule has 0 saturated carbocycles. The van der Waals surface area contributed by atoms with Gasteiger partial charge < -0.3 is 10.6 Å². The zero-order valence-corrected chi connectivity index (χ0v) is 15.5. The SMILES string of the molecule is Cc1nc(Nc2cccc(Cl)c2C)cc(C(=O)Nc2ccccc2C#N)n1. The van der Waals surface area contributed by atoms with Crippen molar-refractivity contribution in [2.24, 2.45) is 0 Å². The van der Waals surface area contributed by atoms with Crippen LogP contribution in [0.5, 0.6) is 0 Å². The van der Waals surface area contributed by atoms with Crippen LogP contribution in [0.2, 0.25) is 5.02 Å². The molecular weight excluding hydrogens is 362 g/mol. The first-order valence-electron chi connectivity index (χ1n) is 8.16. The Kier molecular flexibility index (Phi) is 5.34. The van der Waals surface area contributed by atoms with Gasteiger partial charge in [0.1, 0.15) is 23.4 Å².